The van der Waals surface area contributed by atoms with Crippen LogP contribution in [0.1, 0.15) is 10.4 Å². The van der Waals surface area contributed by atoms with Gasteiger partial charge in [0.2, 0.25) is 0 Å². The number of nitrogens with one attached hydrogen (secondary N) is 1. The average molecular weight is 346 g/mol. The van der Waals surface area contributed by atoms with E-state index in [1.54, 1.807) is 30.3 Å². The van der Waals surface area contributed by atoms with Crippen molar-refractivity contribution in [2.75, 3.05) is 5.32 Å². The summed E-state index contributed by atoms with van der Waals surface area (Å²) in [7, 11) is 0. The number of aromatic nitrogens is 1. The van der Waals surface area contributed by atoms with E-state index >= 15 is 0 Å². The van der Waals surface area contributed by atoms with Gasteiger partial charge >= 0.3 is 0 Å². The van der Waals surface area contributed by atoms with E-state index in [0.717, 1.165) is 0 Å². The fraction of sp³-hybridized carbons (Fsp3) is 0. The van der Waals surface area contributed by atoms with E-state index in [-0.39, 0.29) is 5.91 Å². The zero-order valence-electron chi connectivity index (χ0n) is 8.95. The molecule has 0 aliphatic rings. The Hall–Kier alpha value is -1.10. The largest absolute Gasteiger partial charge is 0.307 e. The Bertz CT molecular complexity index is 604. The summed E-state index contributed by atoms with van der Waals surface area (Å²) in [6.07, 6.45) is 0. The number of nitrogens with zero attached hydrogens (tertiary/aromatic N) is 1. The number of anilines is 1. The molecule has 1 N–H and O–H groups in total. The zero-order chi connectivity index (χ0) is 13.1. The molecule has 0 unspecified atom stereocenters. The fourth-order valence-corrected chi connectivity index (χ4v) is 1.95. The van der Waals surface area contributed by atoms with Crippen LogP contribution in [0.2, 0.25) is 10.0 Å². The quantitative estimate of drug-likeness (QED) is 0.819. The summed E-state index contributed by atoms with van der Waals surface area (Å²) < 4.78 is 0.648. The van der Waals surface area contributed by atoms with Crippen molar-refractivity contribution in [2.24, 2.45) is 0 Å². The van der Waals surface area contributed by atoms with Crippen molar-refractivity contribution < 1.29 is 4.79 Å². The number of hydrogen-bond acceptors (Lipinski definition) is 2. The van der Waals surface area contributed by atoms with Crippen molar-refractivity contribution in [1.82, 2.24) is 4.98 Å². The van der Waals surface area contributed by atoms with Gasteiger partial charge in [-0.3, -0.25) is 4.79 Å². The van der Waals surface area contributed by atoms with E-state index in [9.17, 15) is 4.79 Å². The SMILES string of the molecule is O=C(Nc1cccc(Br)n1)c1ccc(Cl)c(Cl)c1. The molecule has 0 saturated carbocycles. The summed E-state index contributed by atoms with van der Waals surface area (Å²) in [6.45, 7) is 0. The standard InChI is InChI=1S/C12H7BrCl2N2O/c13-10-2-1-3-11(16-10)17-12(18)7-4-5-8(14)9(15)6-7/h1-6H,(H,16,17,18). The second-order valence-corrected chi connectivity index (χ2v) is 5.06. The molecule has 0 bridgehead atoms. The van der Waals surface area contributed by atoms with E-state index in [4.69, 9.17) is 23.2 Å². The molecule has 1 heterocycles. The molecule has 1 aromatic heterocycles. The third kappa shape index (κ3) is 3.22. The first-order valence-corrected chi connectivity index (χ1v) is 6.50. The van der Waals surface area contributed by atoms with Gasteiger partial charge in [0.15, 0.2) is 0 Å². The van der Waals surface area contributed by atoms with Gasteiger partial charge in [0, 0.05) is 5.56 Å². The van der Waals surface area contributed by atoms with Gasteiger partial charge in [-0.2, -0.15) is 0 Å². The summed E-state index contributed by atoms with van der Waals surface area (Å²) in [5.41, 5.74) is 0.422. The van der Waals surface area contributed by atoms with Crippen molar-refractivity contribution in [2.45, 2.75) is 0 Å². The van der Waals surface area contributed by atoms with E-state index in [1.807, 2.05) is 0 Å². The Morgan fingerprint density at radius 2 is 1.94 bits per heavy atom. The minimum Gasteiger partial charge on any atom is -0.307 e. The monoisotopic (exact) mass is 344 g/mol. The fourth-order valence-electron chi connectivity index (χ4n) is 1.30. The molecule has 18 heavy (non-hydrogen) atoms. The first kappa shape index (κ1) is 13.3. The van der Waals surface area contributed by atoms with Crippen LogP contribution >= 0.6 is 39.1 Å². The molecule has 0 radical (unpaired) electrons. The van der Waals surface area contributed by atoms with E-state index in [2.05, 4.69) is 26.2 Å². The lowest BCUT2D eigenvalue weighted by atomic mass is 10.2. The average Bonchev–Trinajstić information content (AvgIpc) is 2.32. The number of amides is 1. The molecule has 0 aliphatic carbocycles. The smallest absolute Gasteiger partial charge is 0.256 e. The van der Waals surface area contributed by atoms with Crippen molar-refractivity contribution in [1.29, 1.82) is 0 Å². The molecule has 92 valence electrons. The van der Waals surface area contributed by atoms with Crippen molar-refractivity contribution in [3.05, 3.63) is 56.6 Å². The van der Waals surface area contributed by atoms with Crippen molar-refractivity contribution in [3.63, 3.8) is 0 Å². The van der Waals surface area contributed by atoms with Crippen LogP contribution in [0.5, 0.6) is 0 Å². The first-order chi connectivity index (χ1) is 8.56. The normalized spacial score (nSPS) is 10.2. The predicted octanol–water partition coefficient (Wildman–Crippen LogP) is 4.40. The summed E-state index contributed by atoms with van der Waals surface area (Å²) in [6, 6.07) is 9.93. The topological polar surface area (TPSA) is 42.0 Å². The third-order valence-corrected chi connectivity index (χ3v) is 3.32. The first-order valence-electron chi connectivity index (χ1n) is 4.95. The molecule has 0 saturated heterocycles. The molecule has 6 heteroatoms. The van der Waals surface area contributed by atoms with Crippen LogP contribution in [0.15, 0.2) is 41.0 Å². The molecule has 0 aliphatic heterocycles. The van der Waals surface area contributed by atoms with Gasteiger partial charge in [0.05, 0.1) is 10.0 Å². The summed E-state index contributed by atoms with van der Waals surface area (Å²) in [5.74, 6) is 0.166. The van der Waals surface area contributed by atoms with Gasteiger partial charge in [-0.1, -0.05) is 29.3 Å². The Labute approximate surface area is 122 Å². The minimum absolute atomic E-state index is 0.292. The highest BCUT2D eigenvalue weighted by molar-refractivity contribution is 9.10. The van der Waals surface area contributed by atoms with Crippen LogP contribution in [0, 0.1) is 0 Å². The Balaban J connectivity index is 2.19. The number of carbonyl (C=O) groups is 1. The van der Waals surface area contributed by atoms with Crippen molar-refractivity contribution in [3.8, 4) is 0 Å². The van der Waals surface area contributed by atoms with Crippen LogP contribution in [0.25, 0.3) is 0 Å². The molecule has 2 rings (SSSR count). The van der Waals surface area contributed by atoms with Gasteiger partial charge < -0.3 is 5.32 Å². The van der Waals surface area contributed by atoms with E-state index in [0.29, 0.717) is 26.0 Å². The molecule has 2 aromatic rings. The van der Waals surface area contributed by atoms with Crippen LogP contribution < -0.4 is 5.32 Å². The van der Waals surface area contributed by atoms with Gasteiger partial charge in [-0.05, 0) is 46.3 Å². The minimum atomic E-state index is -0.292. The zero-order valence-corrected chi connectivity index (χ0v) is 12.1. The lowest BCUT2D eigenvalue weighted by Gasteiger charge is -2.05. The second-order valence-electron chi connectivity index (χ2n) is 3.43. The van der Waals surface area contributed by atoms with Gasteiger partial charge in [0.25, 0.3) is 5.91 Å². The van der Waals surface area contributed by atoms with Crippen LogP contribution in [0.3, 0.4) is 0 Å². The summed E-state index contributed by atoms with van der Waals surface area (Å²) in [4.78, 5) is 16.0. The van der Waals surface area contributed by atoms with Gasteiger partial charge in [0.1, 0.15) is 10.4 Å². The molecular weight excluding hydrogens is 339 g/mol. The lowest BCUT2D eigenvalue weighted by Crippen LogP contribution is -2.12. The Kier molecular flexibility index (Phi) is 4.22. The van der Waals surface area contributed by atoms with Crippen LogP contribution in [0.4, 0.5) is 5.82 Å². The highest BCUT2D eigenvalue weighted by Gasteiger charge is 2.09. The summed E-state index contributed by atoms with van der Waals surface area (Å²) >= 11 is 14.9. The molecule has 0 spiro atoms. The molecule has 0 atom stereocenters. The molecule has 3 nitrogen and oxygen atoms in total. The Morgan fingerprint density at radius 1 is 1.17 bits per heavy atom. The molecule has 1 amide bonds. The number of carbonyl (C=O) groups excluding carboxylic acids is 1. The molecule has 0 fully saturated rings. The van der Waals surface area contributed by atoms with Crippen molar-refractivity contribution >= 4 is 50.9 Å². The second kappa shape index (κ2) is 5.69. The number of rotatable bonds is 2. The van der Waals surface area contributed by atoms with Crippen LogP contribution in [-0.4, -0.2) is 10.9 Å². The highest BCUT2D eigenvalue weighted by Crippen LogP contribution is 2.23. The predicted molar refractivity (Wildman–Crippen MR) is 76.4 cm³/mol. The molecule has 1 aromatic carbocycles. The number of benzene rings is 1. The lowest BCUT2D eigenvalue weighted by molar-refractivity contribution is 0.102. The summed E-state index contributed by atoms with van der Waals surface area (Å²) in [5, 5.41) is 3.41. The maximum absolute atomic E-state index is 11.9. The van der Waals surface area contributed by atoms with Gasteiger partial charge in [-0.15, -0.1) is 0 Å². The number of hydrogen-bond donors (Lipinski definition) is 1. The third-order valence-electron chi connectivity index (χ3n) is 2.14. The highest BCUT2D eigenvalue weighted by atomic mass is 79.9. The maximum atomic E-state index is 11.9. The Morgan fingerprint density at radius 3 is 2.61 bits per heavy atom. The van der Waals surface area contributed by atoms with Gasteiger partial charge in [-0.25, -0.2) is 4.98 Å². The maximum Gasteiger partial charge on any atom is 0.256 e. The van der Waals surface area contributed by atoms with Crippen LogP contribution in [-0.2, 0) is 0 Å². The number of halogens is 3. The molecular formula is C12H7BrCl2N2O. The van der Waals surface area contributed by atoms with E-state index in [1.165, 1.54) is 6.07 Å². The van der Waals surface area contributed by atoms with E-state index < -0.39 is 0 Å². The number of pyridine rings is 1.